The molecule has 0 spiro atoms. The SMILES string of the molecule is Cc1cc(C)cc(Nc2nc(N(CC(N)=O)c3cccc(Cl)c3)ncc2C(N)=O)c1. The first kappa shape index (κ1) is 21.1. The van der Waals surface area contributed by atoms with Crippen molar-refractivity contribution in [2.45, 2.75) is 13.8 Å². The minimum atomic E-state index is -0.683. The Morgan fingerprint density at radius 2 is 1.80 bits per heavy atom. The minimum absolute atomic E-state index is 0.114. The molecule has 1 aromatic heterocycles. The molecule has 0 aliphatic rings. The molecule has 3 aromatic rings. The maximum Gasteiger partial charge on any atom is 0.254 e. The smallest absolute Gasteiger partial charge is 0.254 e. The summed E-state index contributed by atoms with van der Waals surface area (Å²) in [6, 6.07) is 12.7. The van der Waals surface area contributed by atoms with Crippen molar-refractivity contribution >= 4 is 46.6 Å². The lowest BCUT2D eigenvalue weighted by atomic mass is 10.1. The molecule has 0 fully saturated rings. The van der Waals surface area contributed by atoms with Crippen LogP contribution in [0, 0.1) is 13.8 Å². The monoisotopic (exact) mass is 424 g/mol. The largest absolute Gasteiger partial charge is 0.368 e. The Balaban J connectivity index is 2.08. The molecule has 9 heteroatoms. The van der Waals surface area contributed by atoms with Crippen LogP contribution in [0.3, 0.4) is 0 Å². The number of amides is 2. The van der Waals surface area contributed by atoms with E-state index in [0.29, 0.717) is 10.7 Å². The Kier molecular flexibility index (Phi) is 6.17. The molecule has 0 bridgehead atoms. The van der Waals surface area contributed by atoms with Crippen molar-refractivity contribution in [3.8, 4) is 0 Å². The van der Waals surface area contributed by atoms with Crippen LogP contribution in [-0.2, 0) is 4.79 Å². The summed E-state index contributed by atoms with van der Waals surface area (Å²) in [7, 11) is 0. The number of aryl methyl sites for hydroxylation is 2. The second kappa shape index (κ2) is 8.79. The van der Waals surface area contributed by atoms with Crippen molar-refractivity contribution < 1.29 is 9.59 Å². The van der Waals surface area contributed by atoms with E-state index in [2.05, 4.69) is 15.3 Å². The summed E-state index contributed by atoms with van der Waals surface area (Å²) in [5.41, 5.74) is 14.4. The zero-order valence-electron chi connectivity index (χ0n) is 16.5. The van der Waals surface area contributed by atoms with Gasteiger partial charge in [-0.2, -0.15) is 4.98 Å². The number of hydrogen-bond acceptors (Lipinski definition) is 6. The predicted octanol–water partition coefficient (Wildman–Crippen LogP) is 3.21. The van der Waals surface area contributed by atoms with Gasteiger partial charge in [-0.25, -0.2) is 4.98 Å². The number of nitrogens with zero attached hydrogens (tertiary/aromatic N) is 3. The van der Waals surface area contributed by atoms with Gasteiger partial charge in [0.15, 0.2) is 0 Å². The number of benzene rings is 2. The van der Waals surface area contributed by atoms with Gasteiger partial charge in [-0.3, -0.25) is 9.59 Å². The fraction of sp³-hybridized carbons (Fsp3) is 0.143. The van der Waals surface area contributed by atoms with Crippen LogP contribution in [0.1, 0.15) is 21.5 Å². The van der Waals surface area contributed by atoms with Crippen molar-refractivity contribution in [2.75, 3.05) is 16.8 Å². The third-order valence-electron chi connectivity index (χ3n) is 4.20. The maximum absolute atomic E-state index is 11.9. The number of nitrogens with two attached hydrogens (primary N) is 2. The van der Waals surface area contributed by atoms with Crippen molar-refractivity contribution in [3.05, 3.63) is 70.4 Å². The van der Waals surface area contributed by atoms with Gasteiger partial charge in [0.25, 0.3) is 5.91 Å². The molecular formula is C21H21ClN6O2. The summed E-state index contributed by atoms with van der Waals surface area (Å²) in [5, 5.41) is 3.60. The minimum Gasteiger partial charge on any atom is -0.368 e. The van der Waals surface area contributed by atoms with Crippen LogP contribution in [0.15, 0.2) is 48.7 Å². The molecule has 5 N–H and O–H groups in total. The van der Waals surface area contributed by atoms with Gasteiger partial charge in [0.05, 0.1) is 0 Å². The normalized spacial score (nSPS) is 10.5. The number of primary amides is 2. The van der Waals surface area contributed by atoms with E-state index < -0.39 is 11.8 Å². The van der Waals surface area contributed by atoms with Gasteiger partial charge in [-0.15, -0.1) is 0 Å². The van der Waals surface area contributed by atoms with E-state index in [9.17, 15) is 9.59 Å². The van der Waals surface area contributed by atoms with E-state index in [1.807, 2.05) is 32.0 Å². The summed E-state index contributed by atoms with van der Waals surface area (Å²) in [5.74, 6) is -0.888. The average Bonchev–Trinajstić information content (AvgIpc) is 2.65. The number of rotatable bonds is 7. The number of anilines is 4. The van der Waals surface area contributed by atoms with Crippen LogP contribution in [-0.4, -0.2) is 28.3 Å². The Hall–Kier alpha value is -3.65. The Morgan fingerprint density at radius 1 is 1.10 bits per heavy atom. The molecule has 154 valence electrons. The first-order chi connectivity index (χ1) is 14.2. The third-order valence-corrected chi connectivity index (χ3v) is 4.44. The number of hydrogen-bond donors (Lipinski definition) is 3. The summed E-state index contributed by atoms with van der Waals surface area (Å²) < 4.78 is 0. The van der Waals surface area contributed by atoms with Crippen molar-refractivity contribution in [1.29, 1.82) is 0 Å². The van der Waals surface area contributed by atoms with Crippen LogP contribution in [0.2, 0.25) is 5.02 Å². The highest BCUT2D eigenvalue weighted by Gasteiger charge is 2.19. The second-order valence-corrected chi connectivity index (χ2v) is 7.27. The standard InChI is InChI=1S/C21H21ClN6O2/c1-12-6-13(2)8-15(7-12)26-20-17(19(24)30)10-25-21(27-20)28(11-18(23)29)16-5-3-4-14(22)9-16/h3-10H,11H2,1-2H3,(H2,23,29)(H2,24,30)(H,25,26,27). The molecule has 30 heavy (non-hydrogen) atoms. The third kappa shape index (κ3) is 5.03. The van der Waals surface area contributed by atoms with Gasteiger partial charge in [0.2, 0.25) is 11.9 Å². The van der Waals surface area contributed by atoms with Crippen LogP contribution < -0.4 is 21.7 Å². The van der Waals surface area contributed by atoms with Crippen LogP contribution >= 0.6 is 11.6 Å². The summed E-state index contributed by atoms with van der Waals surface area (Å²) in [6.07, 6.45) is 1.31. The maximum atomic E-state index is 11.9. The molecule has 3 rings (SSSR count). The molecule has 0 radical (unpaired) electrons. The van der Waals surface area contributed by atoms with Gasteiger partial charge in [0.1, 0.15) is 17.9 Å². The Morgan fingerprint density at radius 3 is 2.40 bits per heavy atom. The van der Waals surface area contributed by atoms with E-state index in [1.54, 1.807) is 24.3 Å². The molecule has 2 amide bonds. The molecule has 0 aliphatic carbocycles. The van der Waals surface area contributed by atoms with E-state index in [-0.39, 0.29) is 23.9 Å². The van der Waals surface area contributed by atoms with E-state index >= 15 is 0 Å². The van der Waals surface area contributed by atoms with Gasteiger partial charge in [-0.05, 0) is 55.3 Å². The molecule has 0 saturated carbocycles. The zero-order valence-corrected chi connectivity index (χ0v) is 17.3. The topological polar surface area (TPSA) is 127 Å². The summed E-state index contributed by atoms with van der Waals surface area (Å²) >= 11 is 6.09. The lowest BCUT2D eigenvalue weighted by Gasteiger charge is -2.22. The first-order valence-corrected chi connectivity index (χ1v) is 9.44. The number of halogens is 1. The quantitative estimate of drug-likeness (QED) is 0.534. The van der Waals surface area contributed by atoms with Gasteiger partial charge in [0, 0.05) is 22.6 Å². The fourth-order valence-electron chi connectivity index (χ4n) is 3.04. The van der Waals surface area contributed by atoms with E-state index in [0.717, 1.165) is 16.8 Å². The van der Waals surface area contributed by atoms with Gasteiger partial charge in [-0.1, -0.05) is 23.7 Å². The predicted molar refractivity (Wildman–Crippen MR) is 117 cm³/mol. The average molecular weight is 425 g/mol. The molecule has 0 atom stereocenters. The fourth-order valence-corrected chi connectivity index (χ4v) is 3.22. The zero-order chi connectivity index (χ0) is 21.8. The molecule has 0 saturated heterocycles. The molecule has 2 aromatic carbocycles. The molecule has 8 nitrogen and oxygen atoms in total. The van der Waals surface area contributed by atoms with E-state index in [1.165, 1.54) is 11.1 Å². The Bertz CT molecular complexity index is 1100. The highest BCUT2D eigenvalue weighted by atomic mass is 35.5. The number of nitrogens with one attached hydrogen (secondary N) is 1. The molecule has 0 aliphatic heterocycles. The van der Waals surface area contributed by atoms with Crippen LogP contribution in [0.5, 0.6) is 0 Å². The number of carbonyl (C=O) groups is 2. The van der Waals surface area contributed by atoms with Crippen molar-refractivity contribution in [3.63, 3.8) is 0 Å². The summed E-state index contributed by atoms with van der Waals surface area (Å²) in [6.45, 7) is 3.75. The first-order valence-electron chi connectivity index (χ1n) is 9.06. The lowest BCUT2D eigenvalue weighted by Crippen LogP contribution is -2.31. The molecular weight excluding hydrogens is 404 g/mol. The van der Waals surface area contributed by atoms with Crippen molar-refractivity contribution in [1.82, 2.24) is 9.97 Å². The lowest BCUT2D eigenvalue weighted by molar-refractivity contribution is -0.116. The van der Waals surface area contributed by atoms with Crippen LogP contribution in [0.25, 0.3) is 0 Å². The van der Waals surface area contributed by atoms with Crippen molar-refractivity contribution in [2.24, 2.45) is 11.5 Å². The molecule has 1 heterocycles. The Labute approximate surface area is 178 Å². The van der Waals surface area contributed by atoms with Crippen LogP contribution in [0.4, 0.5) is 23.1 Å². The van der Waals surface area contributed by atoms with E-state index in [4.69, 9.17) is 23.1 Å². The highest BCUT2D eigenvalue weighted by Crippen LogP contribution is 2.28. The van der Waals surface area contributed by atoms with Gasteiger partial charge < -0.3 is 21.7 Å². The van der Waals surface area contributed by atoms with Gasteiger partial charge >= 0.3 is 0 Å². The molecule has 0 unspecified atom stereocenters. The second-order valence-electron chi connectivity index (χ2n) is 6.83. The highest BCUT2D eigenvalue weighted by molar-refractivity contribution is 6.30. The number of aromatic nitrogens is 2. The summed E-state index contributed by atoms with van der Waals surface area (Å²) in [4.78, 5) is 33.8. The number of carbonyl (C=O) groups excluding carboxylic acids is 2.